The molecule has 0 bridgehead atoms. The van der Waals surface area contributed by atoms with Crippen LogP contribution in [-0.4, -0.2) is 87.8 Å². The summed E-state index contributed by atoms with van der Waals surface area (Å²) in [5, 5.41) is 7.79. The summed E-state index contributed by atoms with van der Waals surface area (Å²) in [5.41, 5.74) is 0.697. The number of ether oxygens (including phenoxy) is 1. The molecule has 0 saturated carbocycles. The highest BCUT2D eigenvalue weighted by atomic mass is 35.5. The minimum absolute atomic E-state index is 0.121. The summed E-state index contributed by atoms with van der Waals surface area (Å²) in [7, 11) is 2.03. The van der Waals surface area contributed by atoms with E-state index in [1.165, 1.54) is 32.1 Å². The number of nitrogens with zero attached hydrogens (tertiary/aromatic N) is 3. The molecule has 2 aliphatic rings. The van der Waals surface area contributed by atoms with Gasteiger partial charge in [0.25, 0.3) is 17.7 Å². The first-order chi connectivity index (χ1) is 19.4. The Morgan fingerprint density at radius 1 is 1.12 bits per heavy atom. The van der Waals surface area contributed by atoms with E-state index in [2.05, 4.69) is 25.5 Å². The third-order valence-electron chi connectivity index (χ3n) is 7.39. The summed E-state index contributed by atoms with van der Waals surface area (Å²) in [6.45, 7) is 6.38. The first-order valence-corrected chi connectivity index (χ1v) is 14.6. The summed E-state index contributed by atoms with van der Waals surface area (Å²) < 4.78 is 5.27. The van der Waals surface area contributed by atoms with Crippen LogP contribution in [-0.2, 0) is 27.3 Å². The minimum Gasteiger partial charge on any atom is -0.450 e. The Labute approximate surface area is 246 Å². The Kier molecular flexibility index (Phi) is 8.09. The van der Waals surface area contributed by atoms with E-state index in [0.717, 1.165) is 41.0 Å². The Hall–Kier alpha value is -3.48. The molecule has 13 heteroatoms. The number of rotatable bonds is 6. The van der Waals surface area contributed by atoms with E-state index in [-0.39, 0.29) is 24.3 Å². The van der Waals surface area contributed by atoms with E-state index < -0.39 is 23.7 Å². The SMILES string of the molecule is CC(=O)OC(C)(C)C(=O)N1CCC(NC(=O)c2cc3cc(Cl)ccc3[nH]2)C(NC(=O)c2nc3c(s2)CN(C)CC3)C1. The van der Waals surface area contributed by atoms with Gasteiger partial charge in [0, 0.05) is 60.3 Å². The fourth-order valence-electron chi connectivity index (χ4n) is 5.36. The molecule has 1 saturated heterocycles. The lowest BCUT2D eigenvalue weighted by Gasteiger charge is -2.41. The average molecular weight is 601 g/mol. The Bertz CT molecular complexity index is 1520. The second-order valence-corrected chi connectivity index (χ2v) is 12.6. The Balaban J connectivity index is 1.36. The van der Waals surface area contributed by atoms with Gasteiger partial charge in [-0.3, -0.25) is 19.2 Å². The molecule has 0 spiro atoms. The highest BCUT2D eigenvalue weighted by Crippen LogP contribution is 2.26. The van der Waals surface area contributed by atoms with Gasteiger partial charge >= 0.3 is 5.97 Å². The molecule has 5 rings (SSSR count). The second kappa shape index (κ2) is 11.4. The molecule has 3 aromatic rings. The van der Waals surface area contributed by atoms with E-state index in [1.807, 2.05) is 7.05 Å². The highest BCUT2D eigenvalue weighted by molar-refractivity contribution is 7.13. The zero-order valence-electron chi connectivity index (χ0n) is 23.4. The van der Waals surface area contributed by atoms with Crippen LogP contribution >= 0.6 is 22.9 Å². The summed E-state index contributed by atoms with van der Waals surface area (Å²) in [4.78, 5) is 64.1. The number of halogens is 1. The van der Waals surface area contributed by atoms with Crippen LogP contribution in [0.15, 0.2) is 24.3 Å². The van der Waals surface area contributed by atoms with Gasteiger partial charge in [0.15, 0.2) is 10.6 Å². The zero-order chi connectivity index (χ0) is 29.5. The van der Waals surface area contributed by atoms with Gasteiger partial charge in [-0.1, -0.05) is 11.6 Å². The molecule has 0 radical (unpaired) electrons. The molecule has 11 nitrogen and oxygen atoms in total. The van der Waals surface area contributed by atoms with Gasteiger partial charge < -0.3 is 30.2 Å². The number of fused-ring (bicyclic) bond motifs is 2. The van der Waals surface area contributed by atoms with Crippen molar-refractivity contribution in [2.45, 2.75) is 57.8 Å². The molecule has 218 valence electrons. The summed E-state index contributed by atoms with van der Waals surface area (Å²) >= 11 is 7.46. The topological polar surface area (TPSA) is 137 Å². The molecule has 2 aliphatic heterocycles. The van der Waals surface area contributed by atoms with Crippen LogP contribution in [0, 0.1) is 0 Å². The van der Waals surface area contributed by atoms with E-state index in [9.17, 15) is 19.2 Å². The molecule has 0 aliphatic carbocycles. The maximum absolute atomic E-state index is 13.4. The molecule has 1 aromatic carbocycles. The third kappa shape index (κ3) is 6.39. The summed E-state index contributed by atoms with van der Waals surface area (Å²) in [5.74, 6) is -1.63. The monoisotopic (exact) mass is 600 g/mol. The van der Waals surface area contributed by atoms with Crippen molar-refractivity contribution in [3.8, 4) is 0 Å². The maximum Gasteiger partial charge on any atom is 0.303 e. The summed E-state index contributed by atoms with van der Waals surface area (Å²) in [6.07, 6.45) is 1.16. The van der Waals surface area contributed by atoms with Crippen LogP contribution in [0.25, 0.3) is 10.9 Å². The average Bonchev–Trinajstić information content (AvgIpc) is 3.52. The number of piperidine rings is 1. The zero-order valence-corrected chi connectivity index (χ0v) is 24.9. The van der Waals surface area contributed by atoms with Crippen molar-refractivity contribution in [3.05, 3.63) is 50.6 Å². The molecule has 4 heterocycles. The number of esters is 1. The van der Waals surface area contributed by atoms with Gasteiger partial charge in [-0.2, -0.15) is 0 Å². The number of aromatic amines is 1. The lowest BCUT2D eigenvalue weighted by atomic mass is 9.96. The van der Waals surface area contributed by atoms with Gasteiger partial charge in [-0.25, -0.2) is 4.98 Å². The van der Waals surface area contributed by atoms with E-state index in [0.29, 0.717) is 28.7 Å². The number of likely N-dealkylation sites (tertiary alicyclic amines) is 1. The fraction of sp³-hybridized carbons (Fsp3) is 0.464. The van der Waals surface area contributed by atoms with Crippen molar-refractivity contribution in [1.82, 2.24) is 30.4 Å². The van der Waals surface area contributed by atoms with E-state index in [4.69, 9.17) is 16.3 Å². The number of benzene rings is 1. The van der Waals surface area contributed by atoms with Gasteiger partial charge in [-0.05, 0) is 51.6 Å². The molecule has 3 amide bonds. The highest BCUT2D eigenvalue weighted by Gasteiger charge is 2.41. The second-order valence-electron chi connectivity index (χ2n) is 11.1. The number of nitrogens with one attached hydrogen (secondary N) is 3. The molecule has 2 atom stereocenters. The predicted octanol–water partition coefficient (Wildman–Crippen LogP) is 2.74. The molecule has 2 aromatic heterocycles. The molecule has 2 unspecified atom stereocenters. The first-order valence-electron chi connectivity index (χ1n) is 13.5. The lowest BCUT2D eigenvalue weighted by Crippen LogP contribution is -2.63. The van der Waals surface area contributed by atoms with Crippen molar-refractivity contribution in [1.29, 1.82) is 0 Å². The number of aromatic nitrogens is 2. The predicted molar refractivity (Wildman–Crippen MR) is 155 cm³/mol. The van der Waals surface area contributed by atoms with Crippen LogP contribution < -0.4 is 10.6 Å². The van der Waals surface area contributed by atoms with Crippen LogP contribution in [0.2, 0.25) is 5.02 Å². The van der Waals surface area contributed by atoms with Crippen LogP contribution in [0.3, 0.4) is 0 Å². The quantitative estimate of drug-likeness (QED) is 0.370. The third-order valence-corrected chi connectivity index (χ3v) is 8.71. The van der Waals surface area contributed by atoms with Crippen molar-refractivity contribution in [2.24, 2.45) is 0 Å². The normalized spacial score (nSPS) is 19.5. The van der Waals surface area contributed by atoms with E-state index in [1.54, 1.807) is 29.2 Å². The smallest absolute Gasteiger partial charge is 0.303 e. The van der Waals surface area contributed by atoms with Crippen molar-refractivity contribution in [3.63, 3.8) is 0 Å². The first kappa shape index (κ1) is 29.0. The van der Waals surface area contributed by atoms with E-state index >= 15 is 0 Å². The van der Waals surface area contributed by atoms with Crippen LogP contribution in [0.1, 0.15) is 58.1 Å². The standard InChI is InChI=1S/C28H33ClN6O5S/c1-15(36)40-28(2,3)27(39)35-10-8-19(31-24(37)21-12-16-11-17(29)5-6-18(16)30-21)22(13-35)32-25(38)26-33-20-7-9-34(4)14-23(20)41-26/h5-6,11-12,19,22,30H,7-10,13-14H2,1-4H3,(H,31,37)(H,32,38). The van der Waals surface area contributed by atoms with Gasteiger partial charge in [0.05, 0.1) is 17.8 Å². The number of thiazole rings is 1. The maximum atomic E-state index is 13.4. The molecule has 3 N–H and O–H groups in total. The largest absolute Gasteiger partial charge is 0.450 e. The van der Waals surface area contributed by atoms with Gasteiger partial charge in [-0.15, -0.1) is 11.3 Å². The number of hydrogen-bond acceptors (Lipinski definition) is 8. The number of hydrogen-bond donors (Lipinski definition) is 3. The number of amides is 3. The molecule has 1 fully saturated rings. The number of carbonyl (C=O) groups is 4. The van der Waals surface area contributed by atoms with Crippen LogP contribution in [0.5, 0.6) is 0 Å². The number of likely N-dealkylation sites (N-methyl/N-ethyl adjacent to an activating group) is 1. The Morgan fingerprint density at radius 2 is 1.88 bits per heavy atom. The minimum atomic E-state index is -1.37. The van der Waals surface area contributed by atoms with Crippen molar-refractivity contribution < 1.29 is 23.9 Å². The fourth-order valence-corrected chi connectivity index (χ4v) is 6.63. The lowest BCUT2D eigenvalue weighted by molar-refractivity contribution is -0.169. The van der Waals surface area contributed by atoms with Crippen LogP contribution in [0.4, 0.5) is 0 Å². The molecular formula is C28H33ClN6O5S. The van der Waals surface area contributed by atoms with Crippen molar-refractivity contribution >= 4 is 57.5 Å². The molecule has 41 heavy (non-hydrogen) atoms. The van der Waals surface area contributed by atoms with Gasteiger partial charge in [0.1, 0.15) is 5.69 Å². The number of carbonyl (C=O) groups excluding carboxylic acids is 4. The Morgan fingerprint density at radius 3 is 2.63 bits per heavy atom. The number of H-pyrrole nitrogens is 1. The molecular weight excluding hydrogens is 568 g/mol. The summed E-state index contributed by atoms with van der Waals surface area (Å²) in [6, 6.07) is 5.96. The van der Waals surface area contributed by atoms with Crippen molar-refractivity contribution in [2.75, 3.05) is 26.7 Å². The van der Waals surface area contributed by atoms with Gasteiger partial charge in [0.2, 0.25) is 0 Å².